The highest BCUT2D eigenvalue weighted by Crippen LogP contribution is 2.23. The Kier molecular flexibility index (Phi) is 3.04. The van der Waals surface area contributed by atoms with Crippen LogP contribution < -0.4 is 5.32 Å². The summed E-state index contributed by atoms with van der Waals surface area (Å²) in [7, 11) is 0. The molecule has 0 aliphatic rings. The molecule has 6 heteroatoms. The number of pyridine rings is 1. The maximum Gasteiger partial charge on any atom is 0.292 e. The number of imidazole rings is 1. The van der Waals surface area contributed by atoms with E-state index >= 15 is 0 Å². The van der Waals surface area contributed by atoms with Gasteiger partial charge >= 0.3 is 0 Å². The van der Waals surface area contributed by atoms with E-state index in [0.717, 1.165) is 11.3 Å². The highest BCUT2D eigenvalue weighted by molar-refractivity contribution is 5.61. The lowest BCUT2D eigenvalue weighted by Gasteiger charge is -2.04. The molecule has 0 aliphatic carbocycles. The number of fused-ring (bicyclic) bond motifs is 1. The Morgan fingerprint density at radius 3 is 2.80 bits per heavy atom. The van der Waals surface area contributed by atoms with Crippen molar-refractivity contribution in [3.63, 3.8) is 0 Å². The van der Waals surface area contributed by atoms with Gasteiger partial charge in [-0.1, -0.05) is 18.2 Å². The Hall–Kier alpha value is -2.89. The van der Waals surface area contributed by atoms with E-state index in [1.165, 1.54) is 6.07 Å². The molecule has 0 amide bonds. The van der Waals surface area contributed by atoms with Gasteiger partial charge in [0.05, 0.1) is 17.2 Å². The molecule has 0 saturated carbocycles. The van der Waals surface area contributed by atoms with E-state index in [0.29, 0.717) is 12.2 Å². The van der Waals surface area contributed by atoms with Gasteiger partial charge < -0.3 is 9.72 Å². The van der Waals surface area contributed by atoms with Gasteiger partial charge in [-0.2, -0.15) is 0 Å². The van der Waals surface area contributed by atoms with Crippen LogP contribution in [0.3, 0.4) is 0 Å². The van der Waals surface area contributed by atoms with Crippen LogP contribution in [-0.4, -0.2) is 14.3 Å². The first-order valence-electron chi connectivity index (χ1n) is 6.14. The van der Waals surface area contributed by atoms with Crippen molar-refractivity contribution in [1.29, 1.82) is 0 Å². The molecule has 3 aromatic rings. The smallest absolute Gasteiger partial charge is 0.292 e. The number of aromatic nitrogens is 2. The lowest BCUT2D eigenvalue weighted by atomic mass is 10.2. The molecule has 1 N–H and O–H groups in total. The van der Waals surface area contributed by atoms with Crippen molar-refractivity contribution in [3.8, 4) is 0 Å². The summed E-state index contributed by atoms with van der Waals surface area (Å²) in [5, 5.41) is 14.0. The third kappa shape index (κ3) is 2.31. The Morgan fingerprint density at radius 2 is 2.00 bits per heavy atom. The number of nitro groups is 1. The highest BCUT2D eigenvalue weighted by atomic mass is 16.6. The molecule has 0 saturated heterocycles. The van der Waals surface area contributed by atoms with Crippen molar-refractivity contribution in [2.45, 2.75) is 6.54 Å². The minimum atomic E-state index is -0.397. The van der Waals surface area contributed by atoms with E-state index in [2.05, 4.69) is 10.3 Å². The third-order valence-corrected chi connectivity index (χ3v) is 2.97. The van der Waals surface area contributed by atoms with E-state index in [9.17, 15) is 10.1 Å². The number of nitrogens with zero attached hydrogens (tertiary/aromatic N) is 3. The molecule has 3 rings (SSSR count). The predicted molar refractivity (Wildman–Crippen MR) is 75.6 cm³/mol. The average Bonchev–Trinajstić information content (AvgIpc) is 2.88. The van der Waals surface area contributed by atoms with Gasteiger partial charge in [-0.3, -0.25) is 10.1 Å². The maximum atomic E-state index is 10.9. The third-order valence-electron chi connectivity index (χ3n) is 2.97. The van der Waals surface area contributed by atoms with E-state index < -0.39 is 4.92 Å². The van der Waals surface area contributed by atoms with Gasteiger partial charge in [0.2, 0.25) is 0 Å². The van der Waals surface area contributed by atoms with Crippen LogP contribution in [-0.2, 0) is 6.54 Å². The van der Waals surface area contributed by atoms with Crippen LogP contribution in [0.4, 0.5) is 11.4 Å². The summed E-state index contributed by atoms with van der Waals surface area (Å²) in [5.41, 5.74) is 2.24. The lowest BCUT2D eigenvalue weighted by Crippen LogP contribution is -2.02. The van der Waals surface area contributed by atoms with Crippen LogP contribution in [0.2, 0.25) is 0 Å². The van der Waals surface area contributed by atoms with Crippen LogP contribution in [0.25, 0.3) is 5.65 Å². The Morgan fingerprint density at radius 1 is 1.20 bits per heavy atom. The molecular weight excluding hydrogens is 256 g/mol. The standard InChI is InChI=1S/C14H12N4O2/c19-18(20)13-6-2-1-5-12(13)15-9-11-10-17-8-4-3-7-14(17)16-11/h1-8,10,15H,9H2. The van der Waals surface area contributed by atoms with Gasteiger partial charge in [0.15, 0.2) is 0 Å². The van der Waals surface area contributed by atoms with Crippen LogP contribution in [0.1, 0.15) is 5.69 Å². The zero-order chi connectivity index (χ0) is 13.9. The van der Waals surface area contributed by atoms with Crippen molar-refractivity contribution in [1.82, 2.24) is 9.38 Å². The lowest BCUT2D eigenvalue weighted by molar-refractivity contribution is -0.384. The highest BCUT2D eigenvalue weighted by Gasteiger charge is 2.12. The maximum absolute atomic E-state index is 10.9. The van der Waals surface area contributed by atoms with Crippen LogP contribution in [0.15, 0.2) is 54.9 Å². The zero-order valence-electron chi connectivity index (χ0n) is 10.6. The second-order valence-corrected chi connectivity index (χ2v) is 4.33. The van der Waals surface area contributed by atoms with Crippen molar-refractivity contribution >= 4 is 17.0 Å². The first-order valence-corrected chi connectivity index (χ1v) is 6.14. The van der Waals surface area contributed by atoms with Crippen LogP contribution in [0, 0.1) is 10.1 Å². The quantitative estimate of drug-likeness (QED) is 0.583. The average molecular weight is 268 g/mol. The summed E-state index contributed by atoms with van der Waals surface area (Å²) >= 11 is 0. The summed E-state index contributed by atoms with van der Waals surface area (Å²) in [6, 6.07) is 12.3. The molecule has 2 aromatic heterocycles. The Bertz CT molecular complexity index is 733. The molecule has 6 nitrogen and oxygen atoms in total. The molecule has 0 spiro atoms. The van der Waals surface area contributed by atoms with Gasteiger partial charge in [-0.25, -0.2) is 4.98 Å². The van der Waals surface area contributed by atoms with Gasteiger partial charge in [-0.05, 0) is 18.2 Å². The first-order chi connectivity index (χ1) is 9.74. The largest absolute Gasteiger partial charge is 0.374 e. The zero-order valence-corrected chi connectivity index (χ0v) is 10.6. The SMILES string of the molecule is O=[N+]([O-])c1ccccc1NCc1cn2ccccc2n1. The Labute approximate surface area is 114 Å². The molecule has 1 aromatic carbocycles. The van der Waals surface area contributed by atoms with Crippen molar-refractivity contribution in [2.75, 3.05) is 5.32 Å². The first kappa shape index (κ1) is 12.2. The normalized spacial score (nSPS) is 10.6. The number of anilines is 1. The minimum absolute atomic E-state index is 0.0660. The number of para-hydroxylation sites is 2. The fraction of sp³-hybridized carbons (Fsp3) is 0.0714. The Balaban J connectivity index is 1.81. The van der Waals surface area contributed by atoms with Crippen molar-refractivity contribution in [3.05, 3.63) is 70.7 Å². The second kappa shape index (κ2) is 5.00. The van der Waals surface area contributed by atoms with Crippen molar-refractivity contribution in [2.24, 2.45) is 0 Å². The molecule has 2 heterocycles. The van der Waals surface area contributed by atoms with E-state index in [1.54, 1.807) is 18.2 Å². The van der Waals surface area contributed by atoms with Gasteiger partial charge in [-0.15, -0.1) is 0 Å². The number of hydrogen-bond acceptors (Lipinski definition) is 4. The summed E-state index contributed by atoms with van der Waals surface area (Å²) < 4.78 is 1.91. The molecule has 0 radical (unpaired) electrons. The van der Waals surface area contributed by atoms with Crippen LogP contribution >= 0.6 is 0 Å². The summed E-state index contributed by atoms with van der Waals surface area (Å²) in [4.78, 5) is 15.0. The number of hydrogen-bond donors (Lipinski definition) is 1. The van der Waals surface area contributed by atoms with Crippen LogP contribution in [0.5, 0.6) is 0 Å². The van der Waals surface area contributed by atoms with Crippen molar-refractivity contribution < 1.29 is 4.92 Å². The number of nitro benzene ring substituents is 1. The fourth-order valence-electron chi connectivity index (χ4n) is 2.04. The minimum Gasteiger partial charge on any atom is -0.374 e. The van der Waals surface area contributed by atoms with Gasteiger partial charge in [0, 0.05) is 18.5 Å². The monoisotopic (exact) mass is 268 g/mol. The fourth-order valence-corrected chi connectivity index (χ4v) is 2.04. The van der Waals surface area contributed by atoms with E-state index in [1.807, 2.05) is 35.0 Å². The molecule has 0 fully saturated rings. The molecule has 0 atom stereocenters. The number of rotatable bonds is 4. The molecule has 0 aliphatic heterocycles. The second-order valence-electron chi connectivity index (χ2n) is 4.33. The molecule has 0 unspecified atom stereocenters. The summed E-state index contributed by atoms with van der Waals surface area (Å²) in [6.07, 6.45) is 3.81. The predicted octanol–water partition coefficient (Wildman–Crippen LogP) is 2.85. The molecule has 0 bridgehead atoms. The summed E-state index contributed by atoms with van der Waals surface area (Å²) in [5.74, 6) is 0. The molecule has 20 heavy (non-hydrogen) atoms. The van der Waals surface area contributed by atoms with Gasteiger partial charge in [0.25, 0.3) is 5.69 Å². The van der Waals surface area contributed by atoms with E-state index in [4.69, 9.17) is 0 Å². The molecular formula is C14H12N4O2. The number of benzene rings is 1. The number of nitrogens with one attached hydrogen (secondary N) is 1. The summed E-state index contributed by atoms with van der Waals surface area (Å²) in [6.45, 7) is 0.437. The molecule has 100 valence electrons. The van der Waals surface area contributed by atoms with E-state index in [-0.39, 0.29) is 5.69 Å². The van der Waals surface area contributed by atoms with Gasteiger partial charge in [0.1, 0.15) is 11.3 Å². The topological polar surface area (TPSA) is 72.5 Å².